The van der Waals surface area contributed by atoms with E-state index in [4.69, 9.17) is 0 Å². The zero-order chi connectivity index (χ0) is 16.1. The van der Waals surface area contributed by atoms with Crippen LogP contribution in [0.5, 0.6) is 0 Å². The number of aliphatic hydroxyl groups excluding tert-OH is 1. The number of nitrogens with one attached hydrogen (secondary N) is 1. The molecule has 2 aromatic carbocycles. The SMILES string of the molecule is Cc1cccc(C(c2cccc(C)c2)C(O)CNC(C)C)c1. The molecule has 0 saturated heterocycles. The Morgan fingerprint density at radius 2 is 1.41 bits per heavy atom. The van der Waals surface area contributed by atoms with E-state index in [1.165, 1.54) is 22.3 Å². The minimum atomic E-state index is -0.453. The molecular weight excluding hydrogens is 270 g/mol. The van der Waals surface area contributed by atoms with E-state index in [1.54, 1.807) is 0 Å². The van der Waals surface area contributed by atoms with Crippen molar-refractivity contribution in [2.45, 2.75) is 45.8 Å². The van der Waals surface area contributed by atoms with Gasteiger partial charge in [0.05, 0.1) is 6.10 Å². The fourth-order valence-electron chi connectivity index (χ4n) is 2.84. The fraction of sp³-hybridized carbons (Fsp3) is 0.400. The molecule has 2 rings (SSSR count). The van der Waals surface area contributed by atoms with Crippen LogP contribution >= 0.6 is 0 Å². The second kappa shape index (κ2) is 7.57. The Hall–Kier alpha value is -1.64. The molecule has 0 heterocycles. The Labute approximate surface area is 134 Å². The summed E-state index contributed by atoms with van der Waals surface area (Å²) in [5.41, 5.74) is 4.78. The smallest absolute Gasteiger partial charge is 0.0773 e. The van der Waals surface area contributed by atoms with E-state index >= 15 is 0 Å². The third-order valence-corrected chi connectivity index (χ3v) is 3.92. The third kappa shape index (κ3) is 4.43. The molecule has 2 aromatic rings. The van der Waals surface area contributed by atoms with E-state index in [-0.39, 0.29) is 5.92 Å². The number of benzene rings is 2. The van der Waals surface area contributed by atoms with Crippen molar-refractivity contribution >= 4 is 0 Å². The van der Waals surface area contributed by atoms with Gasteiger partial charge in [-0.15, -0.1) is 0 Å². The second-order valence-electron chi connectivity index (χ2n) is 6.44. The molecule has 0 aromatic heterocycles. The van der Waals surface area contributed by atoms with E-state index in [0.29, 0.717) is 12.6 Å². The van der Waals surface area contributed by atoms with Gasteiger partial charge in [0.1, 0.15) is 0 Å². The minimum absolute atomic E-state index is 0.00829. The largest absolute Gasteiger partial charge is 0.391 e. The average molecular weight is 297 g/mol. The van der Waals surface area contributed by atoms with Gasteiger partial charge in [-0.2, -0.15) is 0 Å². The summed E-state index contributed by atoms with van der Waals surface area (Å²) in [4.78, 5) is 0. The van der Waals surface area contributed by atoms with Gasteiger partial charge in [-0.3, -0.25) is 0 Å². The zero-order valence-corrected chi connectivity index (χ0v) is 14.0. The first-order valence-corrected chi connectivity index (χ1v) is 8.02. The summed E-state index contributed by atoms with van der Waals surface area (Å²) >= 11 is 0. The van der Waals surface area contributed by atoms with Crippen LogP contribution in [-0.4, -0.2) is 23.8 Å². The van der Waals surface area contributed by atoms with Crippen molar-refractivity contribution in [2.24, 2.45) is 0 Å². The summed E-state index contributed by atoms with van der Waals surface area (Å²) < 4.78 is 0. The number of hydrogen-bond acceptors (Lipinski definition) is 2. The molecule has 22 heavy (non-hydrogen) atoms. The van der Waals surface area contributed by atoms with Gasteiger partial charge >= 0.3 is 0 Å². The molecule has 0 aliphatic rings. The van der Waals surface area contributed by atoms with Crippen LogP contribution in [0.25, 0.3) is 0 Å². The van der Waals surface area contributed by atoms with Crippen molar-refractivity contribution in [3.63, 3.8) is 0 Å². The fourth-order valence-corrected chi connectivity index (χ4v) is 2.84. The molecule has 1 unspecified atom stereocenters. The van der Waals surface area contributed by atoms with Crippen molar-refractivity contribution in [2.75, 3.05) is 6.54 Å². The lowest BCUT2D eigenvalue weighted by Crippen LogP contribution is -2.35. The molecule has 0 radical (unpaired) electrons. The van der Waals surface area contributed by atoms with Crippen LogP contribution in [0.1, 0.15) is 42.0 Å². The van der Waals surface area contributed by atoms with Crippen LogP contribution < -0.4 is 5.32 Å². The summed E-state index contributed by atoms with van der Waals surface area (Å²) in [6, 6.07) is 17.2. The Kier molecular flexibility index (Phi) is 5.76. The standard InChI is InChI=1S/C20H27NO/c1-14(2)21-13-19(22)20(17-9-5-7-15(3)11-17)18-10-6-8-16(4)12-18/h5-12,14,19-22H,13H2,1-4H3. The van der Waals surface area contributed by atoms with Gasteiger partial charge in [-0.05, 0) is 25.0 Å². The number of rotatable bonds is 6. The minimum Gasteiger partial charge on any atom is -0.391 e. The van der Waals surface area contributed by atoms with Crippen molar-refractivity contribution in [1.29, 1.82) is 0 Å². The van der Waals surface area contributed by atoms with Crippen LogP contribution in [0, 0.1) is 13.8 Å². The molecule has 2 nitrogen and oxygen atoms in total. The van der Waals surface area contributed by atoms with Gasteiger partial charge in [0, 0.05) is 18.5 Å². The zero-order valence-electron chi connectivity index (χ0n) is 14.0. The lowest BCUT2D eigenvalue weighted by atomic mass is 9.85. The Bertz CT molecular complexity index is 561. The molecule has 2 N–H and O–H groups in total. The maximum Gasteiger partial charge on any atom is 0.0773 e. The highest BCUT2D eigenvalue weighted by molar-refractivity contribution is 5.37. The van der Waals surface area contributed by atoms with Gasteiger partial charge in [0.15, 0.2) is 0 Å². The molecule has 0 amide bonds. The highest BCUT2D eigenvalue weighted by Gasteiger charge is 2.23. The van der Waals surface area contributed by atoms with E-state index in [1.807, 2.05) is 0 Å². The van der Waals surface area contributed by atoms with Crippen LogP contribution in [0.3, 0.4) is 0 Å². The normalized spacial score (nSPS) is 12.9. The highest BCUT2D eigenvalue weighted by atomic mass is 16.3. The molecule has 0 fully saturated rings. The molecule has 2 heteroatoms. The lowest BCUT2D eigenvalue weighted by Gasteiger charge is -2.26. The maximum absolute atomic E-state index is 10.8. The quantitative estimate of drug-likeness (QED) is 0.850. The summed E-state index contributed by atoms with van der Waals surface area (Å²) in [6.07, 6.45) is -0.453. The van der Waals surface area contributed by atoms with Crippen LogP contribution in [0.15, 0.2) is 48.5 Å². The van der Waals surface area contributed by atoms with Crippen LogP contribution in [-0.2, 0) is 0 Å². The molecule has 0 aliphatic heterocycles. The summed E-state index contributed by atoms with van der Waals surface area (Å²) in [7, 11) is 0. The first kappa shape index (κ1) is 16.7. The Balaban J connectivity index is 2.36. The second-order valence-corrected chi connectivity index (χ2v) is 6.44. The van der Waals surface area contributed by atoms with Gasteiger partial charge in [-0.1, -0.05) is 73.5 Å². The first-order chi connectivity index (χ1) is 10.5. The predicted octanol–water partition coefficient (Wildman–Crippen LogP) is 3.79. The van der Waals surface area contributed by atoms with E-state index in [2.05, 4.69) is 81.5 Å². The van der Waals surface area contributed by atoms with E-state index < -0.39 is 6.10 Å². The maximum atomic E-state index is 10.8. The number of aliphatic hydroxyl groups is 1. The van der Waals surface area contributed by atoms with Gasteiger partial charge < -0.3 is 10.4 Å². The van der Waals surface area contributed by atoms with Crippen LogP contribution in [0.4, 0.5) is 0 Å². The highest BCUT2D eigenvalue weighted by Crippen LogP contribution is 2.29. The van der Waals surface area contributed by atoms with Crippen molar-refractivity contribution in [3.8, 4) is 0 Å². The van der Waals surface area contributed by atoms with Crippen molar-refractivity contribution in [1.82, 2.24) is 5.32 Å². The van der Waals surface area contributed by atoms with Crippen molar-refractivity contribution < 1.29 is 5.11 Å². The van der Waals surface area contributed by atoms with E-state index in [0.717, 1.165) is 0 Å². The van der Waals surface area contributed by atoms with Gasteiger partial charge in [-0.25, -0.2) is 0 Å². The molecule has 0 aliphatic carbocycles. The molecule has 118 valence electrons. The predicted molar refractivity (Wildman–Crippen MR) is 93.3 cm³/mol. The van der Waals surface area contributed by atoms with Crippen LogP contribution in [0.2, 0.25) is 0 Å². The molecule has 0 saturated carbocycles. The lowest BCUT2D eigenvalue weighted by molar-refractivity contribution is 0.151. The molecular formula is C20H27NO. The van der Waals surface area contributed by atoms with Gasteiger partial charge in [0.2, 0.25) is 0 Å². The monoisotopic (exact) mass is 297 g/mol. The van der Waals surface area contributed by atoms with E-state index in [9.17, 15) is 5.11 Å². The topological polar surface area (TPSA) is 32.3 Å². The summed E-state index contributed by atoms with van der Waals surface area (Å²) in [6.45, 7) is 8.97. The molecule has 0 spiro atoms. The first-order valence-electron chi connectivity index (χ1n) is 8.02. The number of hydrogen-bond donors (Lipinski definition) is 2. The van der Waals surface area contributed by atoms with Gasteiger partial charge in [0.25, 0.3) is 0 Å². The number of aryl methyl sites for hydroxylation is 2. The molecule has 1 atom stereocenters. The third-order valence-electron chi connectivity index (χ3n) is 3.92. The average Bonchev–Trinajstić information content (AvgIpc) is 2.45. The molecule has 0 bridgehead atoms. The summed E-state index contributed by atoms with van der Waals surface area (Å²) in [5, 5.41) is 14.1. The Morgan fingerprint density at radius 1 is 0.909 bits per heavy atom. The van der Waals surface area contributed by atoms with Crippen molar-refractivity contribution in [3.05, 3.63) is 70.8 Å². The Morgan fingerprint density at radius 3 is 1.82 bits per heavy atom. The summed E-state index contributed by atoms with van der Waals surface area (Å²) in [5.74, 6) is -0.00829.